The van der Waals surface area contributed by atoms with E-state index in [2.05, 4.69) is 15.3 Å². The van der Waals surface area contributed by atoms with Crippen LogP contribution in [0.15, 0.2) is 17.1 Å². The number of rotatable bonds is 8. The minimum atomic E-state index is -0.549. The van der Waals surface area contributed by atoms with Gasteiger partial charge in [-0.15, -0.1) is 0 Å². The molecule has 0 atom stereocenters. The number of H-pyrrole nitrogens is 1. The van der Waals surface area contributed by atoms with Crippen LogP contribution in [0.25, 0.3) is 11.0 Å². The molecule has 0 unspecified atom stereocenters. The van der Waals surface area contributed by atoms with Gasteiger partial charge in [-0.1, -0.05) is 0 Å². The summed E-state index contributed by atoms with van der Waals surface area (Å²) in [4.78, 5) is 42.0. The third-order valence-electron chi connectivity index (χ3n) is 3.41. The molecule has 0 aromatic carbocycles. The summed E-state index contributed by atoms with van der Waals surface area (Å²) in [5.74, 6) is -0.498. The van der Waals surface area contributed by atoms with Crippen molar-refractivity contribution in [3.05, 3.63) is 28.4 Å². The number of carbonyl (C=O) groups excluding carboxylic acids is 2. The first-order chi connectivity index (χ1) is 13.2. The Hall–Kier alpha value is -2.88. The third kappa shape index (κ3) is 6.69. The third-order valence-corrected chi connectivity index (χ3v) is 3.41. The molecule has 2 heterocycles. The number of alkyl carbamates (subject to hydrolysis) is 1. The molecular formula is C18H26N4O6. The van der Waals surface area contributed by atoms with E-state index in [9.17, 15) is 14.4 Å². The van der Waals surface area contributed by atoms with Crippen LogP contribution in [0.1, 0.15) is 33.4 Å². The Kier molecular flexibility index (Phi) is 7.16. The highest BCUT2D eigenvalue weighted by atomic mass is 16.6. The lowest BCUT2D eigenvalue weighted by Gasteiger charge is -2.19. The van der Waals surface area contributed by atoms with Gasteiger partial charge in [0.25, 0.3) is 0 Å². The molecule has 2 aromatic rings. The van der Waals surface area contributed by atoms with Gasteiger partial charge in [0.2, 0.25) is 0 Å². The first-order valence-corrected chi connectivity index (χ1v) is 8.97. The van der Waals surface area contributed by atoms with Crippen LogP contribution < -0.4 is 11.0 Å². The topological polar surface area (TPSA) is 125 Å². The maximum absolute atomic E-state index is 12.0. The zero-order chi connectivity index (χ0) is 20.7. The minimum Gasteiger partial charge on any atom is -0.465 e. The molecule has 154 valence electrons. The van der Waals surface area contributed by atoms with Gasteiger partial charge in [0.1, 0.15) is 17.8 Å². The number of aromatic nitrogens is 3. The van der Waals surface area contributed by atoms with Crippen molar-refractivity contribution in [2.45, 2.75) is 46.4 Å². The molecule has 28 heavy (non-hydrogen) atoms. The van der Waals surface area contributed by atoms with Gasteiger partial charge in [0.05, 0.1) is 19.8 Å². The van der Waals surface area contributed by atoms with E-state index in [1.165, 1.54) is 4.57 Å². The van der Waals surface area contributed by atoms with Gasteiger partial charge in [-0.05, 0) is 33.8 Å². The molecule has 0 saturated heterocycles. The second-order valence-corrected chi connectivity index (χ2v) is 7.04. The lowest BCUT2D eigenvalue weighted by atomic mass is 10.2. The summed E-state index contributed by atoms with van der Waals surface area (Å²) in [5, 5.41) is 3.27. The summed E-state index contributed by atoms with van der Waals surface area (Å²) in [6.07, 6.45) is 1.05. The lowest BCUT2D eigenvalue weighted by molar-refractivity contribution is -0.143. The van der Waals surface area contributed by atoms with E-state index in [1.54, 1.807) is 40.0 Å². The summed E-state index contributed by atoms with van der Waals surface area (Å²) in [6, 6.07) is 1.78. The molecule has 10 heteroatoms. The van der Waals surface area contributed by atoms with Gasteiger partial charge in [-0.3, -0.25) is 9.36 Å². The maximum Gasteiger partial charge on any atom is 0.407 e. The predicted octanol–water partition coefficient (Wildman–Crippen LogP) is 1.33. The van der Waals surface area contributed by atoms with E-state index in [4.69, 9.17) is 14.2 Å². The van der Waals surface area contributed by atoms with Gasteiger partial charge in [0, 0.05) is 23.8 Å². The summed E-state index contributed by atoms with van der Waals surface area (Å²) in [7, 11) is 0. The summed E-state index contributed by atoms with van der Waals surface area (Å²) in [6.45, 7) is 7.96. The monoisotopic (exact) mass is 394 g/mol. The highest BCUT2D eigenvalue weighted by Crippen LogP contribution is 2.12. The van der Waals surface area contributed by atoms with Gasteiger partial charge < -0.3 is 24.5 Å². The number of esters is 1. The molecule has 0 aliphatic rings. The lowest BCUT2D eigenvalue weighted by Crippen LogP contribution is -2.34. The van der Waals surface area contributed by atoms with Crippen LogP contribution in [0.4, 0.5) is 4.79 Å². The second-order valence-electron chi connectivity index (χ2n) is 7.04. The molecule has 10 nitrogen and oxygen atoms in total. The number of hydrogen-bond acceptors (Lipinski definition) is 7. The van der Waals surface area contributed by atoms with Crippen molar-refractivity contribution in [1.29, 1.82) is 0 Å². The van der Waals surface area contributed by atoms with E-state index >= 15 is 0 Å². The summed E-state index contributed by atoms with van der Waals surface area (Å²) < 4.78 is 16.7. The molecule has 2 rings (SSSR count). The Morgan fingerprint density at radius 1 is 1.32 bits per heavy atom. The molecule has 0 aliphatic carbocycles. The van der Waals surface area contributed by atoms with E-state index in [-0.39, 0.29) is 26.4 Å². The van der Waals surface area contributed by atoms with Crippen LogP contribution in [-0.2, 0) is 32.2 Å². The SMILES string of the molecule is CCOC(=O)Cn1cc2cc(COCCNC(=O)OC(C)(C)C)[nH]c2nc1=O. The van der Waals surface area contributed by atoms with Crippen LogP contribution in [0.3, 0.4) is 0 Å². The maximum atomic E-state index is 12.0. The zero-order valence-electron chi connectivity index (χ0n) is 16.5. The quantitative estimate of drug-likeness (QED) is 0.511. The number of amides is 1. The average Bonchev–Trinajstić information content (AvgIpc) is 2.95. The predicted molar refractivity (Wildman–Crippen MR) is 101 cm³/mol. The number of carbonyl (C=O) groups is 2. The van der Waals surface area contributed by atoms with Crippen molar-refractivity contribution in [3.63, 3.8) is 0 Å². The molecule has 0 spiro atoms. The van der Waals surface area contributed by atoms with E-state index in [1.807, 2.05) is 0 Å². The average molecular weight is 394 g/mol. The Labute approximate surface area is 162 Å². The van der Waals surface area contributed by atoms with Gasteiger partial charge in [-0.2, -0.15) is 4.98 Å². The Balaban J connectivity index is 1.86. The highest BCUT2D eigenvalue weighted by Gasteiger charge is 2.15. The van der Waals surface area contributed by atoms with Crippen LogP contribution >= 0.6 is 0 Å². The first-order valence-electron chi connectivity index (χ1n) is 8.97. The summed E-state index contributed by atoms with van der Waals surface area (Å²) >= 11 is 0. The second kappa shape index (κ2) is 9.36. The molecule has 0 radical (unpaired) electrons. The smallest absolute Gasteiger partial charge is 0.407 e. The van der Waals surface area contributed by atoms with Crippen LogP contribution in [0.2, 0.25) is 0 Å². The number of nitrogens with zero attached hydrogens (tertiary/aromatic N) is 2. The van der Waals surface area contributed by atoms with Gasteiger partial charge in [0.15, 0.2) is 0 Å². The molecule has 0 fully saturated rings. The van der Waals surface area contributed by atoms with E-state index in [0.29, 0.717) is 23.3 Å². The Morgan fingerprint density at radius 3 is 2.75 bits per heavy atom. The van der Waals surface area contributed by atoms with E-state index in [0.717, 1.165) is 0 Å². The van der Waals surface area contributed by atoms with Crippen molar-refractivity contribution in [1.82, 2.24) is 19.9 Å². The highest BCUT2D eigenvalue weighted by molar-refractivity contribution is 5.76. The van der Waals surface area contributed by atoms with Gasteiger partial charge >= 0.3 is 17.8 Å². The summed E-state index contributed by atoms with van der Waals surface area (Å²) in [5.41, 5.74) is 0.0346. The fraction of sp³-hybridized carbons (Fsp3) is 0.556. The van der Waals surface area contributed by atoms with E-state index < -0.39 is 23.4 Å². The van der Waals surface area contributed by atoms with Crippen molar-refractivity contribution in [2.75, 3.05) is 19.8 Å². The number of fused-ring (bicyclic) bond motifs is 1. The van der Waals surface area contributed by atoms with Crippen molar-refractivity contribution >= 4 is 23.1 Å². The fourth-order valence-corrected chi connectivity index (χ4v) is 2.35. The number of nitrogens with one attached hydrogen (secondary N) is 2. The minimum absolute atomic E-state index is 0.192. The Morgan fingerprint density at radius 2 is 2.07 bits per heavy atom. The normalized spacial score (nSPS) is 11.4. The number of hydrogen-bond donors (Lipinski definition) is 2. The standard InChI is InChI=1S/C18H26N4O6/c1-5-27-14(23)10-22-9-12-8-13(20-15(12)21-16(22)24)11-26-7-6-19-17(25)28-18(2,3)4/h8-9H,5-7,10-11H2,1-4H3,(H,19,25)(H,20,21,24). The molecule has 0 bridgehead atoms. The molecule has 2 N–H and O–H groups in total. The molecule has 1 amide bonds. The fourth-order valence-electron chi connectivity index (χ4n) is 2.35. The number of aromatic amines is 1. The molecule has 0 saturated carbocycles. The molecule has 0 aliphatic heterocycles. The van der Waals surface area contributed by atoms with Crippen molar-refractivity contribution in [2.24, 2.45) is 0 Å². The first kappa shape index (κ1) is 21.4. The molecular weight excluding hydrogens is 368 g/mol. The van der Waals surface area contributed by atoms with Crippen LogP contribution in [0, 0.1) is 0 Å². The van der Waals surface area contributed by atoms with Crippen LogP contribution in [0.5, 0.6) is 0 Å². The number of ether oxygens (including phenoxy) is 3. The van der Waals surface area contributed by atoms with Crippen molar-refractivity contribution < 1.29 is 23.8 Å². The zero-order valence-corrected chi connectivity index (χ0v) is 16.5. The van der Waals surface area contributed by atoms with Gasteiger partial charge in [-0.25, -0.2) is 9.59 Å². The molecule has 2 aromatic heterocycles. The largest absolute Gasteiger partial charge is 0.465 e. The van der Waals surface area contributed by atoms with Crippen LogP contribution in [-0.4, -0.2) is 52.0 Å². The Bertz CT molecular complexity index is 880. The van der Waals surface area contributed by atoms with Crippen molar-refractivity contribution in [3.8, 4) is 0 Å².